The number of nitrogens with zero attached hydrogens (tertiary/aromatic N) is 2. The van der Waals surface area contributed by atoms with Crippen LogP contribution in [-0.2, 0) is 11.8 Å². The average Bonchev–Trinajstić information content (AvgIpc) is 2.61. The maximum absolute atomic E-state index is 5.59. The summed E-state index contributed by atoms with van der Waals surface area (Å²) in [7, 11) is 5.09. The quantitative estimate of drug-likeness (QED) is 0.562. The molecule has 0 saturated carbocycles. The lowest BCUT2D eigenvalue weighted by Crippen LogP contribution is -2.45. The highest BCUT2D eigenvalue weighted by Crippen LogP contribution is 2.32. The fraction of sp³-hybridized carbons (Fsp3) is 0.700. The summed E-state index contributed by atoms with van der Waals surface area (Å²) < 4.78 is 12.4. The minimum Gasteiger partial charge on any atom is -0.493 e. The standard InChI is InChI=1S/C10H20N4O2/c1-10(2,16-5)9(13-11)8-7(15-4)6-12-14(8)3/h6,9,13H,11H2,1-5H3. The van der Waals surface area contributed by atoms with Gasteiger partial charge in [-0.25, -0.2) is 5.43 Å². The number of ether oxygens (including phenoxy) is 2. The van der Waals surface area contributed by atoms with Crippen LogP contribution in [0.15, 0.2) is 6.20 Å². The Labute approximate surface area is 95.7 Å². The van der Waals surface area contributed by atoms with Gasteiger partial charge in [-0.1, -0.05) is 0 Å². The van der Waals surface area contributed by atoms with Crippen molar-refractivity contribution >= 4 is 0 Å². The number of hydrogen-bond acceptors (Lipinski definition) is 5. The molecule has 1 rings (SSSR count). The molecule has 1 aromatic rings. The Kier molecular flexibility index (Phi) is 3.90. The third-order valence-corrected chi connectivity index (χ3v) is 2.83. The second kappa shape index (κ2) is 4.82. The van der Waals surface area contributed by atoms with Crippen molar-refractivity contribution in [2.24, 2.45) is 12.9 Å². The molecule has 1 atom stereocenters. The maximum Gasteiger partial charge on any atom is 0.161 e. The average molecular weight is 228 g/mol. The van der Waals surface area contributed by atoms with Gasteiger partial charge in [-0.15, -0.1) is 0 Å². The van der Waals surface area contributed by atoms with Gasteiger partial charge in [0.2, 0.25) is 0 Å². The molecule has 16 heavy (non-hydrogen) atoms. The highest BCUT2D eigenvalue weighted by molar-refractivity contribution is 5.30. The van der Waals surface area contributed by atoms with Crippen molar-refractivity contribution in [3.8, 4) is 5.75 Å². The van der Waals surface area contributed by atoms with Gasteiger partial charge in [0, 0.05) is 14.2 Å². The lowest BCUT2D eigenvalue weighted by atomic mass is 9.95. The molecule has 1 aromatic heterocycles. The van der Waals surface area contributed by atoms with E-state index in [-0.39, 0.29) is 6.04 Å². The number of nitrogens with two attached hydrogens (primary N) is 1. The van der Waals surface area contributed by atoms with E-state index < -0.39 is 5.60 Å². The summed E-state index contributed by atoms with van der Waals surface area (Å²) in [6.45, 7) is 3.90. The van der Waals surface area contributed by atoms with Gasteiger partial charge in [0.15, 0.2) is 5.75 Å². The van der Waals surface area contributed by atoms with Crippen LogP contribution in [-0.4, -0.2) is 29.6 Å². The molecule has 0 aliphatic carbocycles. The molecule has 6 heteroatoms. The van der Waals surface area contributed by atoms with Crippen molar-refractivity contribution in [3.63, 3.8) is 0 Å². The number of methoxy groups -OCH3 is 2. The summed E-state index contributed by atoms with van der Waals surface area (Å²) in [5, 5.41) is 4.14. The first-order valence-electron chi connectivity index (χ1n) is 5.05. The van der Waals surface area contributed by atoms with E-state index >= 15 is 0 Å². The van der Waals surface area contributed by atoms with Crippen LogP contribution in [0.2, 0.25) is 0 Å². The molecule has 0 spiro atoms. The molecule has 92 valence electrons. The van der Waals surface area contributed by atoms with E-state index in [1.54, 1.807) is 25.1 Å². The maximum atomic E-state index is 5.59. The highest BCUT2D eigenvalue weighted by Gasteiger charge is 2.34. The van der Waals surface area contributed by atoms with Gasteiger partial charge in [0.05, 0.1) is 24.9 Å². The molecule has 0 fully saturated rings. The first-order chi connectivity index (χ1) is 7.47. The Morgan fingerprint density at radius 3 is 2.56 bits per heavy atom. The van der Waals surface area contributed by atoms with E-state index in [2.05, 4.69) is 10.5 Å². The van der Waals surface area contributed by atoms with E-state index in [1.807, 2.05) is 20.9 Å². The van der Waals surface area contributed by atoms with Gasteiger partial charge >= 0.3 is 0 Å². The summed E-state index contributed by atoms with van der Waals surface area (Å²) in [5.74, 6) is 6.28. The molecule has 0 radical (unpaired) electrons. The van der Waals surface area contributed by atoms with E-state index in [0.717, 1.165) is 5.69 Å². The topological polar surface area (TPSA) is 74.3 Å². The molecular formula is C10H20N4O2. The number of aromatic nitrogens is 2. The first-order valence-corrected chi connectivity index (χ1v) is 5.05. The van der Waals surface area contributed by atoms with Crippen LogP contribution in [0.5, 0.6) is 5.75 Å². The molecule has 0 aliphatic heterocycles. The van der Waals surface area contributed by atoms with Crippen LogP contribution in [0.25, 0.3) is 0 Å². The minimum atomic E-state index is -0.462. The monoisotopic (exact) mass is 228 g/mol. The number of rotatable bonds is 5. The van der Waals surface area contributed by atoms with E-state index in [0.29, 0.717) is 5.75 Å². The van der Waals surface area contributed by atoms with Gasteiger partial charge in [-0.3, -0.25) is 10.5 Å². The van der Waals surface area contributed by atoms with Crippen LogP contribution in [0, 0.1) is 0 Å². The lowest BCUT2D eigenvalue weighted by molar-refractivity contribution is -0.0139. The number of aryl methyl sites for hydroxylation is 1. The van der Waals surface area contributed by atoms with Crippen LogP contribution < -0.4 is 16.0 Å². The zero-order valence-electron chi connectivity index (χ0n) is 10.4. The Morgan fingerprint density at radius 2 is 2.12 bits per heavy atom. The third-order valence-electron chi connectivity index (χ3n) is 2.83. The van der Waals surface area contributed by atoms with Crippen molar-refractivity contribution < 1.29 is 9.47 Å². The molecule has 1 unspecified atom stereocenters. The van der Waals surface area contributed by atoms with Crippen LogP contribution >= 0.6 is 0 Å². The summed E-state index contributed by atoms with van der Waals surface area (Å²) in [6, 6.07) is -0.208. The van der Waals surface area contributed by atoms with Crippen molar-refractivity contribution in [3.05, 3.63) is 11.9 Å². The van der Waals surface area contributed by atoms with Crippen molar-refractivity contribution in [2.45, 2.75) is 25.5 Å². The van der Waals surface area contributed by atoms with Crippen molar-refractivity contribution in [1.29, 1.82) is 0 Å². The Morgan fingerprint density at radius 1 is 1.50 bits per heavy atom. The fourth-order valence-electron chi connectivity index (χ4n) is 1.64. The van der Waals surface area contributed by atoms with Gasteiger partial charge in [-0.05, 0) is 13.8 Å². The molecule has 0 saturated heterocycles. The molecule has 0 aromatic carbocycles. The second-order valence-electron chi connectivity index (χ2n) is 4.13. The number of hydrogen-bond donors (Lipinski definition) is 2. The SMILES string of the molecule is COc1cnn(C)c1C(NN)C(C)(C)OC. The normalized spacial score (nSPS) is 13.9. The van der Waals surface area contributed by atoms with E-state index in [4.69, 9.17) is 15.3 Å². The summed E-state index contributed by atoms with van der Waals surface area (Å²) >= 11 is 0. The summed E-state index contributed by atoms with van der Waals surface area (Å²) in [4.78, 5) is 0. The zero-order valence-corrected chi connectivity index (χ0v) is 10.4. The van der Waals surface area contributed by atoms with Gasteiger partial charge < -0.3 is 9.47 Å². The largest absolute Gasteiger partial charge is 0.493 e. The Balaban J connectivity index is 3.17. The summed E-state index contributed by atoms with van der Waals surface area (Å²) in [5.41, 5.74) is 3.14. The molecule has 0 amide bonds. The summed E-state index contributed by atoms with van der Waals surface area (Å²) in [6.07, 6.45) is 1.66. The zero-order chi connectivity index (χ0) is 12.3. The number of hydrazine groups is 1. The van der Waals surface area contributed by atoms with Gasteiger partial charge in [-0.2, -0.15) is 5.10 Å². The Hall–Kier alpha value is -1.11. The van der Waals surface area contributed by atoms with Crippen LogP contribution in [0.3, 0.4) is 0 Å². The molecule has 3 N–H and O–H groups in total. The fourth-order valence-corrected chi connectivity index (χ4v) is 1.64. The van der Waals surface area contributed by atoms with Gasteiger partial charge in [0.1, 0.15) is 5.69 Å². The highest BCUT2D eigenvalue weighted by atomic mass is 16.5. The first kappa shape index (κ1) is 13.0. The predicted octanol–water partition coefficient (Wildman–Crippen LogP) is 0.358. The second-order valence-corrected chi connectivity index (χ2v) is 4.13. The van der Waals surface area contributed by atoms with Crippen LogP contribution in [0.1, 0.15) is 25.6 Å². The molecule has 0 aliphatic rings. The van der Waals surface area contributed by atoms with Crippen molar-refractivity contribution in [2.75, 3.05) is 14.2 Å². The van der Waals surface area contributed by atoms with Crippen LogP contribution in [0.4, 0.5) is 0 Å². The van der Waals surface area contributed by atoms with Crippen molar-refractivity contribution in [1.82, 2.24) is 15.2 Å². The molecular weight excluding hydrogens is 208 g/mol. The van der Waals surface area contributed by atoms with E-state index in [9.17, 15) is 0 Å². The molecule has 0 bridgehead atoms. The molecule has 6 nitrogen and oxygen atoms in total. The predicted molar refractivity (Wildman–Crippen MR) is 60.9 cm³/mol. The third kappa shape index (κ3) is 2.18. The Bertz CT molecular complexity index is 349. The van der Waals surface area contributed by atoms with E-state index in [1.165, 1.54) is 0 Å². The van der Waals surface area contributed by atoms with Gasteiger partial charge in [0.25, 0.3) is 0 Å². The minimum absolute atomic E-state index is 0.208. The lowest BCUT2D eigenvalue weighted by Gasteiger charge is -2.32. The number of nitrogens with one attached hydrogen (secondary N) is 1. The molecule has 1 heterocycles. The smallest absolute Gasteiger partial charge is 0.161 e.